The monoisotopic (exact) mass is 293 g/mol. The third-order valence-electron chi connectivity index (χ3n) is 3.61. The zero-order valence-corrected chi connectivity index (χ0v) is 12.3. The van der Waals surface area contributed by atoms with Gasteiger partial charge in [0.2, 0.25) is 0 Å². The Balaban J connectivity index is 2.04. The number of ketones is 1. The third-order valence-corrected chi connectivity index (χ3v) is 3.61. The highest BCUT2D eigenvalue weighted by Crippen LogP contribution is 2.33. The number of nitrogens with one attached hydrogen (secondary N) is 1. The smallest absolute Gasteiger partial charge is 0.256 e. The Morgan fingerprint density at radius 2 is 1.95 bits per heavy atom. The lowest BCUT2D eigenvalue weighted by atomic mass is 10.0. The Labute approximate surface area is 128 Å². The topological polar surface area (TPSA) is 55.4 Å². The molecular formula is C18H15NO3. The summed E-state index contributed by atoms with van der Waals surface area (Å²) < 4.78 is 5.20. The molecule has 0 aromatic heterocycles. The van der Waals surface area contributed by atoms with Crippen molar-refractivity contribution in [3.63, 3.8) is 0 Å². The maximum absolute atomic E-state index is 12.5. The van der Waals surface area contributed by atoms with Crippen LogP contribution < -0.4 is 10.1 Å². The van der Waals surface area contributed by atoms with Crippen molar-refractivity contribution >= 4 is 23.0 Å². The standard InChI is InChI=1S/C18H15NO3/c1-11-7-8-15-13(9-11)14(18(21)19-15)10-16(20)12-5-3-4-6-17(12)22-2/h3-10H,1-2H3,(H,19,21)/b14-10-. The van der Waals surface area contributed by atoms with Crippen LogP contribution in [0.3, 0.4) is 0 Å². The molecule has 1 heterocycles. The van der Waals surface area contributed by atoms with Gasteiger partial charge in [-0.15, -0.1) is 0 Å². The first-order chi connectivity index (χ1) is 10.6. The average Bonchev–Trinajstić information content (AvgIpc) is 2.83. The molecule has 22 heavy (non-hydrogen) atoms. The number of benzene rings is 2. The van der Waals surface area contributed by atoms with Crippen LogP contribution in [0.4, 0.5) is 5.69 Å². The number of carbonyl (C=O) groups is 2. The van der Waals surface area contributed by atoms with E-state index >= 15 is 0 Å². The van der Waals surface area contributed by atoms with Crippen molar-refractivity contribution in [1.82, 2.24) is 0 Å². The number of allylic oxidation sites excluding steroid dienone is 1. The van der Waals surface area contributed by atoms with Gasteiger partial charge in [0.1, 0.15) is 5.75 Å². The number of hydrogen-bond acceptors (Lipinski definition) is 3. The molecule has 0 saturated heterocycles. The molecular weight excluding hydrogens is 278 g/mol. The first kappa shape index (κ1) is 14.1. The zero-order chi connectivity index (χ0) is 15.7. The van der Waals surface area contributed by atoms with Crippen LogP contribution in [0.5, 0.6) is 5.75 Å². The Bertz CT molecular complexity index is 806. The number of fused-ring (bicyclic) bond motifs is 1. The van der Waals surface area contributed by atoms with E-state index in [1.807, 2.05) is 25.1 Å². The lowest BCUT2D eigenvalue weighted by Gasteiger charge is -2.05. The van der Waals surface area contributed by atoms with Crippen LogP contribution in [0.25, 0.3) is 5.57 Å². The summed E-state index contributed by atoms with van der Waals surface area (Å²) in [7, 11) is 1.51. The predicted octanol–water partition coefficient (Wildman–Crippen LogP) is 3.22. The fourth-order valence-electron chi connectivity index (χ4n) is 2.50. The highest BCUT2D eigenvalue weighted by molar-refractivity contribution is 6.35. The summed E-state index contributed by atoms with van der Waals surface area (Å²) in [6.45, 7) is 1.95. The van der Waals surface area contributed by atoms with Gasteiger partial charge < -0.3 is 10.1 Å². The van der Waals surface area contributed by atoms with Gasteiger partial charge in [-0.1, -0.05) is 23.8 Å². The van der Waals surface area contributed by atoms with Crippen LogP contribution in [0.15, 0.2) is 48.5 Å². The molecule has 0 atom stereocenters. The largest absolute Gasteiger partial charge is 0.496 e. The molecule has 2 aromatic rings. The van der Waals surface area contributed by atoms with E-state index in [0.717, 1.165) is 16.8 Å². The number of carbonyl (C=O) groups excluding carboxylic acids is 2. The van der Waals surface area contributed by atoms with Crippen molar-refractivity contribution in [3.8, 4) is 5.75 Å². The summed E-state index contributed by atoms with van der Waals surface area (Å²) in [5, 5.41) is 2.77. The molecule has 4 heteroatoms. The highest BCUT2D eigenvalue weighted by Gasteiger charge is 2.25. The Morgan fingerprint density at radius 3 is 2.73 bits per heavy atom. The van der Waals surface area contributed by atoms with E-state index in [4.69, 9.17) is 4.74 Å². The first-order valence-corrected chi connectivity index (χ1v) is 6.91. The Hall–Kier alpha value is -2.88. The summed E-state index contributed by atoms with van der Waals surface area (Å²) in [4.78, 5) is 24.6. The molecule has 0 radical (unpaired) electrons. The quantitative estimate of drug-likeness (QED) is 0.698. The fourth-order valence-corrected chi connectivity index (χ4v) is 2.50. The Kier molecular flexibility index (Phi) is 3.51. The van der Waals surface area contributed by atoms with Gasteiger partial charge >= 0.3 is 0 Å². The second-order valence-electron chi connectivity index (χ2n) is 5.13. The molecule has 1 amide bonds. The lowest BCUT2D eigenvalue weighted by molar-refractivity contribution is -0.110. The van der Waals surface area contributed by atoms with Gasteiger partial charge in [0, 0.05) is 11.3 Å². The van der Waals surface area contributed by atoms with Gasteiger partial charge in [-0.3, -0.25) is 9.59 Å². The minimum absolute atomic E-state index is 0.253. The van der Waals surface area contributed by atoms with Crippen molar-refractivity contribution in [1.29, 1.82) is 0 Å². The molecule has 0 bridgehead atoms. The highest BCUT2D eigenvalue weighted by atomic mass is 16.5. The molecule has 110 valence electrons. The maximum Gasteiger partial charge on any atom is 0.256 e. The van der Waals surface area contributed by atoms with Crippen LogP contribution in [0, 0.1) is 6.92 Å². The summed E-state index contributed by atoms with van der Waals surface area (Å²) in [5.41, 5.74) is 3.34. The molecule has 4 nitrogen and oxygen atoms in total. The van der Waals surface area contributed by atoms with Crippen molar-refractivity contribution in [2.75, 3.05) is 12.4 Å². The van der Waals surface area contributed by atoms with Gasteiger partial charge in [0.05, 0.1) is 18.2 Å². The number of methoxy groups -OCH3 is 1. The van der Waals surface area contributed by atoms with E-state index in [1.54, 1.807) is 24.3 Å². The third kappa shape index (κ3) is 2.39. The molecule has 0 spiro atoms. The number of rotatable bonds is 3. The van der Waals surface area contributed by atoms with Crippen molar-refractivity contribution in [2.45, 2.75) is 6.92 Å². The van der Waals surface area contributed by atoms with Crippen molar-refractivity contribution in [3.05, 3.63) is 65.2 Å². The van der Waals surface area contributed by atoms with E-state index in [2.05, 4.69) is 5.32 Å². The molecule has 3 rings (SSSR count). The Morgan fingerprint density at radius 1 is 1.18 bits per heavy atom. The summed E-state index contributed by atoms with van der Waals surface area (Å²) >= 11 is 0. The number of hydrogen-bond donors (Lipinski definition) is 1. The number of amides is 1. The van der Waals surface area contributed by atoms with E-state index in [0.29, 0.717) is 16.9 Å². The van der Waals surface area contributed by atoms with Crippen LogP contribution >= 0.6 is 0 Å². The van der Waals surface area contributed by atoms with Crippen LogP contribution in [0.1, 0.15) is 21.5 Å². The minimum atomic E-state index is -0.260. The number of para-hydroxylation sites is 1. The minimum Gasteiger partial charge on any atom is -0.496 e. The van der Waals surface area contributed by atoms with E-state index in [9.17, 15) is 9.59 Å². The van der Waals surface area contributed by atoms with Gasteiger partial charge in [-0.05, 0) is 37.3 Å². The molecule has 1 aliphatic heterocycles. The molecule has 0 saturated carbocycles. The molecule has 1 aliphatic rings. The van der Waals surface area contributed by atoms with E-state index in [1.165, 1.54) is 13.2 Å². The number of anilines is 1. The molecule has 0 fully saturated rings. The molecule has 0 unspecified atom stereocenters. The second kappa shape index (κ2) is 5.48. The number of ether oxygens (including phenoxy) is 1. The molecule has 1 N–H and O–H groups in total. The predicted molar refractivity (Wildman–Crippen MR) is 85.1 cm³/mol. The summed E-state index contributed by atoms with van der Waals surface area (Å²) in [6.07, 6.45) is 1.37. The fraction of sp³-hybridized carbons (Fsp3) is 0.111. The van der Waals surface area contributed by atoms with Gasteiger partial charge in [-0.2, -0.15) is 0 Å². The average molecular weight is 293 g/mol. The lowest BCUT2D eigenvalue weighted by Crippen LogP contribution is -2.06. The number of aryl methyl sites for hydroxylation is 1. The van der Waals surface area contributed by atoms with Crippen LogP contribution in [0.2, 0.25) is 0 Å². The van der Waals surface area contributed by atoms with Crippen molar-refractivity contribution in [2.24, 2.45) is 0 Å². The second-order valence-corrected chi connectivity index (χ2v) is 5.13. The van der Waals surface area contributed by atoms with Crippen LogP contribution in [-0.4, -0.2) is 18.8 Å². The SMILES string of the molecule is COc1ccccc1C(=O)/C=C1\C(=O)Nc2ccc(C)cc21. The maximum atomic E-state index is 12.5. The first-order valence-electron chi connectivity index (χ1n) is 6.91. The van der Waals surface area contributed by atoms with E-state index in [-0.39, 0.29) is 11.7 Å². The van der Waals surface area contributed by atoms with Gasteiger partial charge in [-0.25, -0.2) is 0 Å². The zero-order valence-electron chi connectivity index (χ0n) is 12.3. The van der Waals surface area contributed by atoms with Gasteiger partial charge in [0.15, 0.2) is 5.78 Å². The normalized spacial score (nSPS) is 14.6. The molecule has 0 aliphatic carbocycles. The van der Waals surface area contributed by atoms with E-state index < -0.39 is 0 Å². The van der Waals surface area contributed by atoms with Crippen molar-refractivity contribution < 1.29 is 14.3 Å². The summed E-state index contributed by atoms with van der Waals surface area (Å²) in [6, 6.07) is 12.6. The van der Waals surface area contributed by atoms with Gasteiger partial charge in [0.25, 0.3) is 5.91 Å². The summed E-state index contributed by atoms with van der Waals surface area (Å²) in [5.74, 6) is -0.0203. The van der Waals surface area contributed by atoms with Crippen LogP contribution in [-0.2, 0) is 4.79 Å². The molecule has 2 aromatic carbocycles.